The van der Waals surface area contributed by atoms with Crippen LogP contribution in [-0.4, -0.2) is 0 Å². The number of hydrogen-bond acceptors (Lipinski definition) is 4. The van der Waals surface area contributed by atoms with Crippen LogP contribution in [0.1, 0.15) is 44.5 Å². The molecule has 4 heteroatoms. The lowest BCUT2D eigenvalue weighted by Crippen LogP contribution is -2.28. The van der Waals surface area contributed by atoms with Gasteiger partial charge in [-0.05, 0) is 197 Å². The standard InChI is InChI=1S/C55H37NO.C55H37NS/c2*1-4-17-38(18-5-1)39-19-16-20-40(35-39)45-25-11-14-29-52(45)56(43-32-34-54-49(36-43)48-27-12-15-30-53(48)57-54)44-31-33-47-46-26-10-13-28-50(46)55(51(47)37-44,41-21-6-2-7-22-41)42-23-8-3-9-24-42/h2*1-37H. The first-order chi connectivity index (χ1) is 56.5. The van der Waals surface area contributed by atoms with Gasteiger partial charge in [0.05, 0.1) is 22.2 Å². The number of fused-ring (bicyclic) bond motifs is 12. The number of nitrogens with zero attached hydrogens (tertiary/aromatic N) is 2. The smallest absolute Gasteiger partial charge is 0.135 e. The van der Waals surface area contributed by atoms with Crippen molar-refractivity contribution in [3.8, 4) is 66.8 Å². The molecule has 0 saturated heterocycles. The Kier molecular flexibility index (Phi) is 16.9. The maximum absolute atomic E-state index is 6.35. The summed E-state index contributed by atoms with van der Waals surface area (Å²) in [6.07, 6.45) is 0. The molecule has 2 aliphatic rings. The lowest BCUT2D eigenvalue weighted by molar-refractivity contribution is 0.669. The molecule has 0 fully saturated rings. The molecule has 0 bridgehead atoms. The average molecular weight is 1470 g/mol. The summed E-state index contributed by atoms with van der Waals surface area (Å²) in [5, 5.41) is 4.76. The van der Waals surface area contributed by atoms with Crippen molar-refractivity contribution in [3.63, 3.8) is 0 Å². The Labute approximate surface area is 668 Å². The number of hydrogen-bond donors (Lipinski definition) is 0. The van der Waals surface area contributed by atoms with E-state index in [1.54, 1.807) is 0 Å². The van der Waals surface area contributed by atoms with Crippen molar-refractivity contribution in [1.82, 2.24) is 0 Å². The van der Waals surface area contributed by atoms with Crippen LogP contribution in [0.4, 0.5) is 34.1 Å². The number of rotatable bonds is 14. The molecule has 2 heterocycles. The lowest BCUT2D eigenvalue weighted by atomic mass is 9.67. The SMILES string of the molecule is c1ccc(-c2cccc(-c3ccccc3N(c3ccc4c(c3)C(c3ccccc3)(c3ccccc3)c3ccccc3-4)c3ccc4oc5ccccc5c4c3)c2)cc1.c1ccc(-c2cccc(-c3ccccc3N(c3ccc4c(c3)C(c3ccccc3)(c3ccccc3)c3ccccc3-4)c3ccc4sc5ccccc5c4c3)c2)cc1. The largest absolute Gasteiger partial charge is 0.456 e. The Morgan fingerprint density at radius 3 is 1.02 bits per heavy atom. The third-order valence-electron chi connectivity index (χ3n) is 23.5. The molecule has 0 saturated carbocycles. The summed E-state index contributed by atoms with van der Waals surface area (Å²) in [6.45, 7) is 0. The molecule has 114 heavy (non-hydrogen) atoms. The molecule has 2 aromatic heterocycles. The average Bonchev–Trinajstić information content (AvgIpc) is 1.54. The summed E-state index contributed by atoms with van der Waals surface area (Å²) < 4.78 is 8.95. The Bertz CT molecular complexity index is 6490. The molecule has 0 radical (unpaired) electrons. The fourth-order valence-corrected chi connectivity index (χ4v) is 19.6. The van der Waals surface area contributed by atoms with Gasteiger partial charge in [-0.15, -0.1) is 11.3 Å². The molecule has 0 spiro atoms. The van der Waals surface area contributed by atoms with E-state index in [0.29, 0.717) is 0 Å². The van der Waals surface area contributed by atoms with Crippen LogP contribution in [0.25, 0.3) is 109 Å². The molecule has 0 N–H and O–H groups in total. The summed E-state index contributed by atoms with van der Waals surface area (Å²) >= 11 is 1.86. The van der Waals surface area contributed by atoms with Crippen molar-refractivity contribution in [2.45, 2.75) is 10.8 Å². The Morgan fingerprint density at radius 1 is 0.193 bits per heavy atom. The zero-order valence-corrected chi connectivity index (χ0v) is 63.3. The van der Waals surface area contributed by atoms with Gasteiger partial charge < -0.3 is 14.2 Å². The van der Waals surface area contributed by atoms with Crippen molar-refractivity contribution in [3.05, 3.63) is 493 Å². The minimum Gasteiger partial charge on any atom is -0.456 e. The molecule has 0 aliphatic heterocycles. The predicted molar refractivity (Wildman–Crippen MR) is 479 cm³/mol. The van der Waals surface area contributed by atoms with Crippen LogP contribution < -0.4 is 9.80 Å². The first-order valence-electron chi connectivity index (χ1n) is 39.2. The van der Waals surface area contributed by atoms with Crippen LogP contribution in [0.5, 0.6) is 0 Å². The number of anilines is 6. The van der Waals surface area contributed by atoms with E-state index in [-0.39, 0.29) is 0 Å². The van der Waals surface area contributed by atoms with E-state index < -0.39 is 10.8 Å². The van der Waals surface area contributed by atoms with Crippen LogP contribution >= 0.6 is 11.3 Å². The summed E-state index contributed by atoms with van der Waals surface area (Å²) in [5.41, 5.74) is 32.0. The third-order valence-corrected chi connectivity index (χ3v) is 24.6. The summed E-state index contributed by atoms with van der Waals surface area (Å²) in [7, 11) is 0. The molecular formula is C110H74N2OS. The van der Waals surface area contributed by atoms with E-state index in [0.717, 1.165) is 67.2 Å². The van der Waals surface area contributed by atoms with Crippen LogP contribution in [0.2, 0.25) is 0 Å². The predicted octanol–water partition coefficient (Wildman–Crippen LogP) is 30.0. The fraction of sp³-hybridized carbons (Fsp3) is 0.0182. The monoisotopic (exact) mass is 1470 g/mol. The molecule has 0 amide bonds. The molecule has 18 aromatic carbocycles. The molecular weight excluding hydrogens is 1400 g/mol. The van der Waals surface area contributed by atoms with Gasteiger partial charge in [-0.3, -0.25) is 0 Å². The summed E-state index contributed by atoms with van der Waals surface area (Å²) in [6, 6.07) is 164. The van der Waals surface area contributed by atoms with Gasteiger partial charge in [0.15, 0.2) is 0 Å². The number of para-hydroxylation sites is 3. The van der Waals surface area contributed by atoms with Crippen molar-refractivity contribution in [1.29, 1.82) is 0 Å². The van der Waals surface area contributed by atoms with Crippen LogP contribution in [0, 0.1) is 0 Å². The van der Waals surface area contributed by atoms with Gasteiger partial charge in [0.25, 0.3) is 0 Å². The van der Waals surface area contributed by atoms with Crippen LogP contribution in [0.3, 0.4) is 0 Å². The van der Waals surface area contributed by atoms with Crippen LogP contribution in [0.15, 0.2) is 453 Å². The topological polar surface area (TPSA) is 19.6 Å². The fourth-order valence-electron chi connectivity index (χ4n) is 18.5. The lowest BCUT2D eigenvalue weighted by Gasteiger charge is -2.35. The summed E-state index contributed by atoms with van der Waals surface area (Å²) in [4.78, 5) is 4.93. The zero-order valence-electron chi connectivity index (χ0n) is 62.4. The number of thiophene rings is 1. The van der Waals surface area contributed by atoms with E-state index in [9.17, 15) is 0 Å². The minimum absolute atomic E-state index is 0.507. The Balaban J connectivity index is 0.000000143. The highest BCUT2D eigenvalue weighted by Crippen LogP contribution is 2.60. The van der Waals surface area contributed by atoms with Gasteiger partial charge in [-0.1, -0.05) is 352 Å². The van der Waals surface area contributed by atoms with Crippen molar-refractivity contribution in [2.24, 2.45) is 0 Å². The van der Waals surface area contributed by atoms with Gasteiger partial charge in [0.1, 0.15) is 11.2 Å². The van der Waals surface area contributed by atoms with Gasteiger partial charge in [0.2, 0.25) is 0 Å². The van der Waals surface area contributed by atoms with Crippen molar-refractivity contribution < 1.29 is 4.42 Å². The van der Waals surface area contributed by atoms with E-state index in [1.165, 1.54) is 120 Å². The van der Waals surface area contributed by atoms with Crippen molar-refractivity contribution >= 4 is 87.6 Å². The molecule has 3 nitrogen and oxygen atoms in total. The van der Waals surface area contributed by atoms with Crippen LogP contribution in [-0.2, 0) is 10.8 Å². The maximum Gasteiger partial charge on any atom is 0.135 e. The molecule has 0 unspecified atom stereocenters. The number of benzene rings is 18. The number of furan rings is 1. The first-order valence-corrected chi connectivity index (χ1v) is 40.0. The second-order valence-corrected chi connectivity index (χ2v) is 30.8. The van der Waals surface area contributed by atoms with Crippen molar-refractivity contribution in [2.75, 3.05) is 9.80 Å². The zero-order chi connectivity index (χ0) is 75.5. The quantitative estimate of drug-likeness (QED) is 0.108. The molecule has 2 aliphatic carbocycles. The second-order valence-electron chi connectivity index (χ2n) is 29.7. The molecule has 20 aromatic rings. The highest BCUT2D eigenvalue weighted by atomic mass is 32.1. The van der Waals surface area contributed by atoms with E-state index in [1.807, 2.05) is 23.5 Å². The van der Waals surface area contributed by atoms with E-state index in [4.69, 9.17) is 4.42 Å². The second kappa shape index (κ2) is 28.5. The third kappa shape index (κ3) is 11.3. The highest BCUT2D eigenvalue weighted by Gasteiger charge is 2.48. The molecule has 536 valence electrons. The Hall–Kier alpha value is -14.4. The maximum atomic E-state index is 6.35. The summed E-state index contributed by atoms with van der Waals surface area (Å²) in [5.74, 6) is 0. The molecule has 0 atom stereocenters. The van der Waals surface area contributed by atoms with E-state index in [2.05, 4.69) is 447 Å². The minimum atomic E-state index is -0.523. The van der Waals surface area contributed by atoms with Gasteiger partial charge in [-0.2, -0.15) is 0 Å². The normalized spacial score (nSPS) is 12.7. The first kappa shape index (κ1) is 67.7. The highest BCUT2D eigenvalue weighted by molar-refractivity contribution is 7.25. The van der Waals surface area contributed by atoms with E-state index >= 15 is 0 Å². The van der Waals surface area contributed by atoms with Gasteiger partial charge in [-0.25, -0.2) is 0 Å². The molecule has 22 rings (SSSR count). The van der Waals surface area contributed by atoms with Gasteiger partial charge >= 0.3 is 0 Å². The Morgan fingerprint density at radius 2 is 0.526 bits per heavy atom. The van der Waals surface area contributed by atoms with Gasteiger partial charge in [0, 0.05) is 64.8 Å².